The summed E-state index contributed by atoms with van der Waals surface area (Å²) in [4.78, 5) is 36.1. The SMILES string of the molecule is CCOc1cc([N+](=O)[O-])c(C(=O)O[C@H](C)C(=O)c2cc(C)ccc2C)cc1OC. The molecule has 1 atom stereocenters. The minimum Gasteiger partial charge on any atom is -0.493 e. The summed E-state index contributed by atoms with van der Waals surface area (Å²) in [7, 11) is 1.35. The number of methoxy groups -OCH3 is 1. The number of rotatable bonds is 8. The second-order valence-electron chi connectivity index (χ2n) is 6.44. The van der Waals surface area contributed by atoms with Crippen molar-refractivity contribution in [1.82, 2.24) is 0 Å². The number of nitro groups is 1. The summed E-state index contributed by atoms with van der Waals surface area (Å²) >= 11 is 0. The van der Waals surface area contributed by atoms with Gasteiger partial charge in [-0.25, -0.2) is 4.79 Å². The first kappa shape index (κ1) is 21.9. The number of carbonyl (C=O) groups is 2. The lowest BCUT2D eigenvalue weighted by Gasteiger charge is -2.15. The third-order valence-electron chi connectivity index (χ3n) is 4.31. The average Bonchev–Trinajstić information content (AvgIpc) is 2.68. The zero-order chi connectivity index (χ0) is 21.7. The number of esters is 1. The number of aryl methyl sites for hydroxylation is 2. The molecule has 8 heteroatoms. The molecule has 0 aliphatic carbocycles. The number of benzene rings is 2. The number of Topliss-reactive ketones (excluding diaryl/α,β-unsaturated/α-hetero) is 1. The normalized spacial score (nSPS) is 11.5. The van der Waals surface area contributed by atoms with E-state index >= 15 is 0 Å². The Kier molecular flexibility index (Phi) is 6.93. The summed E-state index contributed by atoms with van der Waals surface area (Å²) in [6.45, 7) is 7.04. The Morgan fingerprint density at radius 1 is 1.10 bits per heavy atom. The molecular formula is C21H23NO7. The maximum Gasteiger partial charge on any atom is 0.346 e. The highest BCUT2D eigenvalue weighted by Crippen LogP contribution is 2.35. The second kappa shape index (κ2) is 9.18. The first-order chi connectivity index (χ1) is 13.7. The lowest BCUT2D eigenvalue weighted by molar-refractivity contribution is -0.385. The summed E-state index contributed by atoms with van der Waals surface area (Å²) in [5.41, 5.74) is 1.26. The molecule has 0 aromatic heterocycles. The highest BCUT2D eigenvalue weighted by molar-refractivity contribution is 6.03. The van der Waals surface area contributed by atoms with E-state index in [4.69, 9.17) is 14.2 Å². The second-order valence-corrected chi connectivity index (χ2v) is 6.44. The number of ether oxygens (including phenoxy) is 3. The predicted molar refractivity (Wildman–Crippen MR) is 106 cm³/mol. The number of nitro benzene ring substituents is 1. The monoisotopic (exact) mass is 401 g/mol. The van der Waals surface area contributed by atoms with E-state index in [1.807, 2.05) is 13.0 Å². The number of ketones is 1. The van der Waals surface area contributed by atoms with E-state index in [2.05, 4.69) is 0 Å². The first-order valence-corrected chi connectivity index (χ1v) is 9.01. The van der Waals surface area contributed by atoms with Crippen molar-refractivity contribution in [2.75, 3.05) is 13.7 Å². The molecule has 0 aliphatic heterocycles. The van der Waals surface area contributed by atoms with Gasteiger partial charge in [0.1, 0.15) is 5.56 Å². The molecule has 8 nitrogen and oxygen atoms in total. The number of carbonyl (C=O) groups excluding carboxylic acids is 2. The zero-order valence-electron chi connectivity index (χ0n) is 17.0. The van der Waals surface area contributed by atoms with E-state index in [-0.39, 0.29) is 29.5 Å². The Bertz CT molecular complexity index is 952. The highest BCUT2D eigenvalue weighted by Gasteiger charge is 2.29. The molecule has 0 fully saturated rings. The molecule has 0 aliphatic rings. The third-order valence-corrected chi connectivity index (χ3v) is 4.31. The molecular weight excluding hydrogens is 378 g/mol. The van der Waals surface area contributed by atoms with E-state index in [9.17, 15) is 19.7 Å². The standard InChI is InChI=1S/C21H23NO7/c1-6-28-19-11-17(22(25)26)16(10-18(19)27-5)21(24)29-14(4)20(23)15-9-12(2)7-8-13(15)3/h7-11,14H,6H2,1-5H3/t14-/m1/s1. The van der Waals surface area contributed by atoms with Gasteiger partial charge in [-0.05, 0) is 39.3 Å². The molecule has 0 heterocycles. The van der Waals surface area contributed by atoms with Crippen LogP contribution in [0.1, 0.15) is 45.7 Å². The lowest BCUT2D eigenvalue weighted by Crippen LogP contribution is -2.25. The Morgan fingerprint density at radius 2 is 1.79 bits per heavy atom. The van der Waals surface area contributed by atoms with Crippen LogP contribution in [0.25, 0.3) is 0 Å². The van der Waals surface area contributed by atoms with Gasteiger partial charge in [0.05, 0.1) is 24.7 Å². The van der Waals surface area contributed by atoms with Crippen LogP contribution in [0, 0.1) is 24.0 Å². The summed E-state index contributed by atoms with van der Waals surface area (Å²) in [6.07, 6.45) is -1.12. The first-order valence-electron chi connectivity index (χ1n) is 9.01. The summed E-state index contributed by atoms with van der Waals surface area (Å²) in [5, 5.41) is 11.4. The molecule has 0 radical (unpaired) electrons. The van der Waals surface area contributed by atoms with Crippen LogP contribution in [0.2, 0.25) is 0 Å². The summed E-state index contributed by atoms with van der Waals surface area (Å²) in [5.74, 6) is -1.10. The fraction of sp³-hybridized carbons (Fsp3) is 0.333. The molecule has 2 aromatic rings. The fourth-order valence-electron chi connectivity index (χ4n) is 2.79. The van der Waals surface area contributed by atoms with Crippen molar-refractivity contribution in [1.29, 1.82) is 0 Å². The van der Waals surface area contributed by atoms with Crippen molar-refractivity contribution >= 4 is 17.4 Å². The van der Waals surface area contributed by atoms with Gasteiger partial charge in [-0.15, -0.1) is 0 Å². The number of hydrogen-bond acceptors (Lipinski definition) is 7. The quantitative estimate of drug-likeness (QED) is 0.284. The smallest absolute Gasteiger partial charge is 0.346 e. The van der Waals surface area contributed by atoms with Crippen LogP contribution in [0.3, 0.4) is 0 Å². The summed E-state index contributed by atoms with van der Waals surface area (Å²) in [6, 6.07) is 7.68. The Hall–Kier alpha value is -3.42. The molecule has 0 saturated heterocycles. The van der Waals surface area contributed by atoms with Gasteiger partial charge in [-0.3, -0.25) is 14.9 Å². The molecule has 0 bridgehead atoms. The van der Waals surface area contributed by atoms with Gasteiger partial charge in [0, 0.05) is 11.6 Å². The van der Waals surface area contributed by atoms with Gasteiger partial charge in [0.15, 0.2) is 17.6 Å². The molecule has 29 heavy (non-hydrogen) atoms. The lowest BCUT2D eigenvalue weighted by atomic mass is 9.99. The maximum absolute atomic E-state index is 12.7. The third kappa shape index (κ3) is 4.90. The van der Waals surface area contributed by atoms with Gasteiger partial charge >= 0.3 is 5.97 Å². The van der Waals surface area contributed by atoms with Crippen molar-refractivity contribution < 1.29 is 28.7 Å². The molecule has 0 unspecified atom stereocenters. The Morgan fingerprint density at radius 3 is 2.38 bits per heavy atom. The minimum atomic E-state index is -1.12. The van der Waals surface area contributed by atoms with Crippen LogP contribution in [0.5, 0.6) is 11.5 Å². The highest BCUT2D eigenvalue weighted by atomic mass is 16.6. The van der Waals surface area contributed by atoms with Crippen LogP contribution >= 0.6 is 0 Å². The minimum absolute atomic E-state index is 0.137. The zero-order valence-corrected chi connectivity index (χ0v) is 17.0. The fourth-order valence-corrected chi connectivity index (χ4v) is 2.79. The van der Waals surface area contributed by atoms with Gasteiger partial charge in [0.25, 0.3) is 5.69 Å². The van der Waals surface area contributed by atoms with Crippen molar-refractivity contribution in [2.24, 2.45) is 0 Å². The van der Waals surface area contributed by atoms with E-state index < -0.39 is 22.7 Å². The topological polar surface area (TPSA) is 105 Å². The van der Waals surface area contributed by atoms with Crippen LogP contribution in [-0.2, 0) is 4.74 Å². The number of hydrogen-bond donors (Lipinski definition) is 0. The molecule has 2 rings (SSSR count). The van der Waals surface area contributed by atoms with Crippen molar-refractivity contribution in [3.05, 3.63) is 62.7 Å². The van der Waals surface area contributed by atoms with Gasteiger partial charge in [0.2, 0.25) is 5.78 Å². The van der Waals surface area contributed by atoms with Gasteiger partial charge in [-0.2, -0.15) is 0 Å². The van der Waals surface area contributed by atoms with E-state index in [1.165, 1.54) is 20.1 Å². The predicted octanol–water partition coefficient (Wildman–Crippen LogP) is 4.05. The van der Waals surface area contributed by atoms with Crippen molar-refractivity contribution in [3.63, 3.8) is 0 Å². The maximum atomic E-state index is 12.7. The number of nitrogens with zero attached hydrogens (tertiary/aromatic N) is 1. The molecule has 2 aromatic carbocycles. The molecule has 0 spiro atoms. The largest absolute Gasteiger partial charge is 0.493 e. The van der Waals surface area contributed by atoms with E-state index in [0.29, 0.717) is 5.56 Å². The molecule has 0 saturated carbocycles. The molecule has 154 valence electrons. The van der Waals surface area contributed by atoms with Crippen LogP contribution < -0.4 is 9.47 Å². The summed E-state index contributed by atoms with van der Waals surface area (Å²) < 4.78 is 15.7. The van der Waals surface area contributed by atoms with Crippen LogP contribution in [0.4, 0.5) is 5.69 Å². The average molecular weight is 401 g/mol. The van der Waals surface area contributed by atoms with E-state index in [0.717, 1.165) is 17.2 Å². The van der Waals surface area contributed by atoms with Gasteiger partial charge in [-0.1, -0.05) is 17.7 Å². The van der Waals surface area contributed by atoms with Crippen LogP contribution in [0.15, 0.2) is 30.3 Å². The van der Waals surface area contributed by atoms with E-state index in [1.54, 1.807) is 26.0 Å². The van der Waals surface area contributed by atoms with Crippen molar-refractivity contribution in [2.45, 2.75) is 33.8 Å². The molecule has 0 N–H and O–H groups in total. The van der Waals surface area contributed by atoms with Gasteiger partial charge < -0.3 is 14.2 Å². The Balaban J connectivity index is 2.35. The van der Waals surface area contributed by atoms with Crippen molar-refractivity contribution in [3.8, 4) is 11.5 Å². The van der Waals surface area contributed by atoms with Crippen LogP contribution in [-0.4, -0.2) is 36.5 Å². The molecule has 0 amide bonds. The Labute approximate surface area is 168 Å².